The Balaban J connectivity index is 1.87. The number of allylic oxidation sites excluding steroid dienone is 1. The number of anilines is 2. The Bertz CT molecular complexity index is 673. The van der Waals surface area contributed by atoms with Crippen molar-refractivity contribution in [2.45, 2.75) is 25.7 Å². The zero-order valence-corrected chi connectivity index (χ0v) is 13.9. The molecule has 0 saturated heterocycles. The van der Waals surface area contributed by atoms with Crippen molar-refractivity contribution < 1.29 is 4.79 Å². The number of hydrogen-bond acceptors (Lipinski definition) is 5. The van der Waals surface area contributed by atoms with Gasteiger partial charge in [-0.1, -0.05) is 18.9 Å². The van der Waals surface area contributed by atoms with Crippen molar-refractivity contribution in [3.63, 3.8) is 0 Å². The molecule has 0 spiro atoms. The molecule has 120 valence electrons. The summed E-state index contributed by atoms with van der Waals surface area (Å²) in [6.45, 7) is 0. The van der Waals surface area contributed by atoms with E-state index in [-0.39, 0.29) is 5.91 Å². The Hall–Kier alpha value is -2.21. The van der Waals surface area contributed by atoms with Crippen molar-refractivity contribution in [3.8, 4) is 0 Å². The Morgan fingerprint density at radius 2 is 2.13 bits per heavy atom. The van der Waals surface area contributed by atoms with Crippen LogP contribution in [0.1, 0.15) is 31.2 Å². The maximum Gasteiger partial charge on any atom is 0.257 e. The van der Waals surface area contributed by atoms with Crippen molar-refractivity contribution in [2.24, 2.45) is 5.92 Å². The smallest absolute Gasteiger partial charge is 0.257 e. The minimum atomic E-state index is -0.120. The van der Waals surface area contributed by atoms with Gasteiger partial charge in [0.15, 0.2) is 5.13 Å². The minimum absolute atomic E-state index is 0.120. The molecule has 0 unspecified atom stereocenters. The molecule has 2 N–H and O–H groups in total. The summed E-state index contributed by atoms with van der Waals surface area (Å²) in [5, 5.41) is 8.34. The van der Waals surface area contributed by atoms with Crippen LogP contribution in [0.4, 0.5) is 10.9 Å². The van der Waals surface area contributed by atoms with Crippen molar-refractivity contribution in [3.05, 3.63) is 41.5 Å². The number of hydrogen-bond donors (Lipinski definition) is 2. The van der Waals surface area contributed by atoms with Crippen LogP contribution in [0.3, 0.4) is 0 Å². The Morgan fingerprint density at radius 1 is 1.30 bits per heavy atom. The predicted octanol–water partition coefficient (Wildman–Crippen LogP) is 3.79. The van der Waals surface area contributed by atoms with Crippen molar-refractivity contribution >= 4 is 33.8 Å². The van der Waals surface area contributed by atoms with Crippen LogP contribution in [-0.4, -0.2) is 22.9 Å². The van der Waals surface area contributed by atoms with Gasteiger partial charge in [0.1, 0.15) is 5.82 Å². The Labute approximate surface area is 139 Å². The quantitative estimate of drug-likeness (QED) is 0.820. The fourth-order valence-electron chi connectivity index (χ4n) is 2.81. The number of thiazole rings is 1. The first-order valence-corrected chi connectivity index (χ1v) is 8.71. The summed E-state index contributed by atoms with van der Waals surface area (Å²) in [5.41, 5.74) is 1.52. The molecule has 2 heterocycles. The lowest BCUT2D eigenvalue weighted by Gasteiger charge is -2.11. The van der Waals surface area contributed by atoms with Crippen LogP contribution in [0.25, 0.3) is 5.57 Å². The van der Waals surface area contributed by atoms with Gasteiger partial charge in [0.25, 0.3) is 5.91 Å². The van der Waals surface area contributed by atoms with Crippen LogP contribution in [0.15, 0.2) is 36.0 Å². The third-order valence-corrected chi connectivity index (χ3v) is 4.72. The fourth-order valence-corrected chi connectivity index (χ4v) is 3.34. The van der Waals surface area contributed by atoms with E-state index in [1.165, 1.54) is 24.2 Å². The van der Waals surface area contributed by atoms with Crippen LogP contribution < -0.4 is 10.6 Å². The maximum atomic E-state index is 12.7. The number of nitrogens with one attached hydrogen (secondary N) is 2. The van der Waals surface area contributed by atoms with Crippen molar-refractivity contribution in [2.75, 3.05) is 17.7 Å². The van der Waals surface area contributed by atoms with Crippen LogP contribution in [-0.2, 0) is 4.79 Å². The predicted molar refractivity (Wildman–Crippen MR) is 94.5 cm³/mol. The zero-order chi connectivity index (χ0) is 16.1. The molecule has 1 aliphatic carbocycles. The highest BCUT2D eigenvalue weighted by molar-refractivity contribution is 7.13. The van der Waals surface area contributed by atoms with Crippen molar-refractivity contribution in [1.29, 1.82) is 0 Å². The normalized spacial score (nSPS) is 15.6. The number of pyridine rings is 1. The molecule has 2 aromatic rings. The van der Waals surface area contributed by atoms with Crippen LogP contribution in [0.5, 0.6) is 0 Å². The van der Waals surface area contributed by atoms with Crippen molar-refractivity contribution in [1.82, 2.24) is 9.97 Å². The average Bonchev–Trinajstić information content (AvgIpc) is 3.26. The second kappa shape index (κ2) is 7.37. The summed E-state index contributed by atoms with van der Waals surface area (Å²) in [7, 11) is 1.83. The van der Waals surface area contributed by atoms with Gasteiger partial charge >= 0.3 is 0 Å². The van der Waals surface area contributed by atoms with Gasteiger partial charge in [0.2, 0.25) is 0 Å². The Morgan fingerprint density at radius 3 is 2.74 bits per heavy atom. The first-order valence-electron chi connectivity index (χ1n) is 7.83. The van der Waals surface area contributed by atoms with Gasteiger partial charge < -0.3 is 5.32 Å². The summed E-state index contributed by atoms with van der Waals surface area (Å²) in [5.74, 6) is 1.14. The number of aromatic nitrogens is 2. The highest BCUT2D eigenvalue weighted by atomic mass is 32.1. The second-order valence-electron chi connectivity index (χ2n) is 5.60. The summed E-state index contributed by atoms with van der Waals surface area (Å²) in [4.78, 5) is 21.1. The highest BCUT2D eigenvalue weighted by Gasteiger charge is 2.19. The Kier molecular flexibility index (Phi) is 5.02. The molecule has 5 nitrogen and oxygen atoms in total. The van der Waals surface area contributed by atoms with E-state index in [9.17, 15) is 4.79 Å². The van der Waals surface area contributed by atoms with E-state index in [1.807, 2.05) is 24.6 Å². The average molecular weight is 328 g/mol. The highest BCUT2D eigenvalue weighted by Crippen LogP contribution is 2.30. The van der Waals surface area contributed by atoms with E-state index < -0.39 is 0 Å². The van der Waals surface area contributed by atoms with Gasteiger partial charge in [-0.15, -0.1) is 11.3 Å². The van der Waals surface area contributed by atoms with Crippen LogP contribution in [0, 0.1) is 5.92 Å². The molecule has 3 rings (SSSR count). The number of carbonyl (C=O) groups excluding carboxylic acids is 1. The van der Waals surface area contributed by atoms with Crippen LogP contribution >= 0.6 is 11.3 Å². The molecule has 0 atom stereocenters. The van der Waals surface area contributed by atoms with Gasteiger partial charge in [0.05, 0.1) is 0 Å². The van der Waals surface area contributed by atoms with E-state index in [0.29, 0.717) is 16.6 Å². The van der Waals surface area contributed by atoms with E-state index >= 15 is 0 Å². The van der Waals surface area contributed by atoms with E-state index in [1.54, 1.807) is 12.4 Å². The molecule has 1 fully saturated rings. The summed E-state index contributed by atoms with van der Waals surface area (Å²) in [6, 6.07) is 3.82. The molecule has 1 aliphatic rings. The maximum absolute atomic E-state index is 12.7. The lowest BCUT2D eigenvalue weighted by atomic mass is 9.99. The lowest BCUT2D eigenvalue weighted by molar-refractivity contribution is -0.111. The van der Waals surface area contributed by atoms with Gasteiger partial charge in [0, 0.05) is 36.0 Å². The molecular weight excluding hydrogens is 308 g/mol. The topological polar surface area (TPSA) is 66.9 Å². The number of amides is 1. The standard InChI is InChI=1S/C17H20N4OS/c1-18-15-7-6-13(11-20-15)14(10-12-4-2-3-5-12)16(22)21-17-19-8-9-23-17/h6-12H,2-5H2,1H3,(H,18,20)(H,19,21,22). The number of nitrogens with zero attached hydrogens (tertiary/aromatic N) is 2. The first-order chi connectivity index (χ1) is 11.3. The molecule has 2 aromatic heterocycles. The fraction of sp³-hybridized carbons (Fsp3) is 0.353. The third-order valence-electron chi connectivity index (χ3n) is 4.03. The summed E-state index contributed by atoms with van der Waals surface area (Å²) in [6.07, 6.45) is 10.3. The SMILES string of the molecule is CNc1ccc(C(=CC2CCCC2)C(=O)Nc2nccs2)cn1. The first kappa shape index (κ1) is 15.7. The van der Waals surface area contributed by atoms with Gasteiger partial charge in [-0.2, -0.15) is 0 Å². The van der Waals surface area contributed by atoms with Gasteiger partial charge in [-0.05, 0) is 30.9 Å². The molecule has 1 amide bonds. The molecule has 0 aliphatic heterocycles. The van der Waals surface area contributed by atoms with Gasteiger partial charge in [-0.25, -0.2) is 9.97 Å². The largest absolute Gasteiger partial charge is 0.373 e. The van der Waals surface area contributed by atoms with E-state index in [2.05, 4.69) is 26.7 Å². The summed E-state index contributed by atoms with van der Waals surface area (Å²) >= 11 is 1.42. The molecule has 0 bridgehead atoms. The van der Waals surface area contributed by atoms with Gasteiger partial charge in [-0.3, -0.25) is 10.1 Å². The summed E-state index contributed by atoms with van der Waals surface area (Å²) < 4.78 is 0. The molecule has 6 heteroatoms. The monoisotopic (exact) mass is 328 g/mol. The molecule has 0 radical (unpaired) electrons. The van der Waals surface area contributed by atoms with E-state index in [0.717, 1.165) is 24.2 Å². The third kappa shape index (κ3) is 3.96. The molecule has 1 saturated carbocycles. The minimum Gasteiger partial charge on any atom is -0.373 e. The molecule has 23 heavy (non-hydrogen) atoms. The zero-order valence-electron chi connectivity index (χ0n) is 13.1. The lowest BCUT2D eigenvalue weighted by Crippen LogP contribution is -2.14. The van der Waals surface area contributed by atoms with Crippen LogP contribution in [0.2, 0.25) is 0 Å². The molecule has 0 aromatic carbocycles. The molecular formula is C17H20N4OS. The number of rotatable bonds is 5. The second-order valence-corrected chi connectivity index (χ2v) is 6.49. The number of carbonyl (C=O) groups is 1. The van der Waals surface area contributed by atoms with E-state index in [4.69, 9.17) is 0 Å².